The van der Waals surface area contributed by atoms with Crippen LogP contribution in [-0.2, 0) is 23.7 Å². The van der Waals surface area contributed by atoms with Gasteiger partial charge in [0.15, 0.2) is 5.78 Å². The number of fused-ring (bicyclic) bond motifs is 1. The van der Waals surface area contributed by atoms with Crippen LogP contribution in [-0.4, -0.2) is 117 Å². The zero-order valence-corrected chi connectivity index (χ0v) is 40.5. The van der Waals surface area contributed by atoms with Crippen molar-refractivity contribution in [2.75, 3.05) is 62.5 Å². The number of ether oxygens (including phenoxy) is 4. The van der Waals surface area contributed by atoms with Crippen molar-refractivity contribution in [3.05, 3.63) is 68.3 Å². The van der Waals surface area contributed by atoms with Gasteiger partial charge in [-0.25, -0.2) is 31.9 Å². The number of carbonyl (C=O) groups is 5. The molecule has 6 rings (SSSR count). The molecular weight excluding hydrogens is 921 g/mol. The normalized spacial score (nSPS) is 21.0. The summed E-state index contributed by atoms with van der Waals surface area (Å²) in [5.41, 5.74) is -2.51. The number of nitrogens with zero attached hydrogens (tertiary/aromatic N) is 3. The van der Waals surface area contributed by atoms with E-state index < -0.39 is 125 Å². The highest BCUT2D eigenvalue weighted by molar-refractivity contribution is 6.06. The van der Waals surface area contributed by atoms with Crippen LogP contribution in [0.3, 0.4) is 0 Å². The molecule has 15 nitrogen and oxygen atoms in total. The highest BCUT2D eigenvalue weighted by Gasteiger charge is 2.42. The van der Waals surface area contributed by atoms with E-state index in [1.165, 1.54) is 22.6 Å². The third-order valence-corrected chi connectivity index (χ3v) is 11.7. The van der Waals surface area contributed by atoms with E-state index in [2.05, 4.69) is 15.4 Å². The van der Waals surface area contributed by atoms with E-state index in [0.717, 1.165) is 12.1 Å². The summed E-state index contributed by atoms with van der Waals surface area (Å²) in [6, 6.07) is -0.151. The molecule has 3 fully saturated rings. The largest absolute Gasteiger partial charge is 0.466 e. The highest BCUT2D eigenvalue weighted by atomic mass is 19.1. The minimum atomic E-state index is -1.17. The molecule has 0 spiro atoms. The molecule has 2 aliphatic heterocycles. The van der Waals surface area contributed by atoms with Crippen LogP contribution in [0.25, 0.3) is 10.9 Å². The molecule has 21 heteroatoms. The van der Waals surface area contributed by atoms with E-state index in [9.17, 15) is 50.7 Å². The zero-order chi connectivity index (χ0) is 51.4. The van der Waals surface area contributed by atoms with Crippen LogP contribution in [0, 0.1) is 43.1 Å². The van der Waals surface area contributed by atoms with Crippen LogP contribution in [0.1, 0.15) is 106 Å². The number of pyridine rings is 1. The highest BCUT2D eigenvalue weighted by Crippen LogP contribution is 2.43. The number of anilines is 2. The molecule has 69 heavy (non-hydrogen) atoms. The first-order valence-electron chi connectivity index (χ1n) is 22.7. The van der Waals surface area contributed by atoms with E-state index in [4.69, 9.17) is 14.2 Å². The molecule has 3 heterocycles. The minimum Gasteiger partial charge on any atom is -0.466 e. The fourth-order valence-electron chi connectivity index (χ4n) is 8.55. The number of benzene rings is 2. The summed E-state index contributed by atoms with van der Waals surface area (Å²) in [4.78, 5) is 76.7. The molecule has 0 radical (unpaired) electrons. The average Bonchev–Trinajstić information content (AvgIpc) is 3.62. The molecule has 3 aliphatic rings. The third-order valence-electron chi connectivity index (χ3n) is 11.7. The van der Waals surface area contributed by atoms with Crippen molar-refractivity contribution in [1.29, 1.82) is 0 Å². The number of Topliss-reactive ketones (excluding diaryl/α,β-unsaturated/α-hetero) is 1. The lowest BCUT2D eigenvalue weighted by molar-refractivity contribution is -0.142. The van der Waals surface area contributed by atoms with E-state index in [1.807, 2.05) is 0 Å². The number of nitrogens with one attached hydrogen (secondary N) is 2. The summed E-state index contributed by atoms with van der Waals surface area (Å²) in [5, 5.41) is 5.20. The number of carbonyl (C=O) groups excluding carboxylic acids is 5. The lowest BCUT2D eigenvalue weighted by atomic mass is 10.0. The van der Waals surface area contributed by atoms with Crippen LogP contribution in [0.5, 0.6) is 0 Å². The number of ketones is 1. The Balaban J connectivity index is 0.000000261. The first kappa shape index (κ1) is 53.9. The van der Waals surface area contributed by atoms with E-state index >= 15 is 4.39 Å². The molecule has 2 N–H and O–H groups in total. The molecule has 1 aromatic heterocycles. The van der Waals surface area contributed by atoms with E-state index in [-0.39, 0.29) is 73.7 Å². The minimum absolute atomic E-state index is 0.0289. The smallest absolute Gasteiger partial charge is 0.407 e. The first-order chi connectivity index (χ1) is 32.2. The SMILES string of the molecule is CCOC(=O)CC(=O)c1cc(F)c(N2C[C@H](CF)[C@H](NC(=O)OC(C)(C)C)C2)c(C)c1F.CCOC(=O)c1cn([C@@H]2C[C@@H]2F)c2c(C)c(N3C[C@H](CF)[C@H](NC(=O)OC(C)(C)C)C3)c(F)cc2c1=O. The van der Waals surface area contributed by atoms with Gasteiger partial charge in [-0.2, -0.15) is 0 Å². The van der Waals surface area contributed by atoms with Crippen LogP contribution < -0.4 is 25.9 Å². The molecular formula is C48H61F6N5O10. The lowest BCUT2D eigenvalue weighted by Gasteiger charge is -2.25. The summed E-state index contributed by atoms with van der Waals surface area (Å²) >= 11 is 0. The van der Waals surface area contributed by atoms with Gasteiger partial charge in [0.2, 0.25) is 5.43 Å². The van der Waals surface area contributed by atoms with Gasteiger partial charge in [0.05, 0.1) is 67.1 Å². The van der Waals surface area contributed by atoms with Gasteiger partial charge in [-0.3, -0.25) is 23.2 Å². The summed E-state index contributed by atoms with van der Waals surface area (Å²) in [5.74, 6) is -6.45. The zero-order valence-electron chi connectivity index (χ0n) is 40.5. The first-order valence-corrected chi connectivity index (χ1v) is 22.7. The number of halogens is 6. The second kappa shape index (κ2) is 21.7. The number of amides is 2. The maximum atomic E-state index is 15.6. The molecule has 380 valence electrons. The topological polar surface area (TPSA) is 175 Å². The standard InChI is InChI=1S/C26H32F3N3O5.C22H29F3N2O5/c1-6-36-24(34)16-11-32(20-8-17(20)28)21-13(2)22(18(29)7-15(21)23(16)33)31-10-14(9-27)19(12-31)30-25(35)37-26(3,4)5;1-6-31-18(29)8-17(28)14-7-15(24)20(12(2)19(14)25)27-10-13(9-23)16(11-27)26-21(30)32-22(3,4)5/h7,11,14,17,19-20H,6,8-10,12H2,1-5H3,(H,30,35);7,13,16H,6,8-11H2,1-5H3,(H,26,30)/t14-,17-,19+,20+;13-,16+/m00/s1. The number of rotatable bonds is 13. The van der Waals surface area contributed by atoms with Gasteiger partial charge < -0.3 is 43.9 Å². The number of alkyl halides is 3. The molecule has 2 aromatic carbocycles. The van der Waals surface area contributed by atoms with Gasteiger partial charge >= 0.3 is 24.1 Å². The van der Waals surface area contributed by atoms with Crippen LogP contribution in [0.4, 0.5) is 47.3 Å². The molecule has 2 saturated heterocycles. The van der Waals surface area contributed by atoms with Crippen molar-refractivity contribution >= 4 is 52.2 Å². The van der Waals surface area contributed by atoms with Crippen LogP contribution >= 0.6 is 0 Å². The predicted molar refractivity (Wildman–Crippen MR) is 244 cm³/mol. The van der Waals surface area contributed by atoms with Crippen molar-refractivity contribution < 1.29 is 69.3 Å². The monoisotopic (exact) mass is 981 g/mol. The Morgan fingerprint density at radius 1 is 0.725 bits per heavy atom. The van der Waals surface area contributed by atoms with E-state index in [0.29, 0.717) is 11.1 Å². The quantitative estimate of drug-likeness (QED) is 0.0558. The number of hydrogen-bond acceptors (Lipinski definition) is 12. The van der Waals surface area contributed by atoms with Crippen molar-refractivity contribution in [3.8, 4) is 0 Å². The van der Waals surface area contributed by atoms with Crippen LogP contribution in [0.15, 0.2) is 23.1 Å². The van der Waals surface area contributed by atoms with Gasteiger partial charge in [-0.05, 0) is 86.9 Å². The fourth-order valence-corrected chi connectivity index (χ4v) is 8.55. The Bertz CT molecular complexity index is 2510. The summed E-state index contributed by atoms with van der Waals surface area (Å²) in [6.45, 7) is 15.1. The number of alkyl carbamates (subject to hydrolysis) is 2. The Morgan fingerprint density at radius 2 is 1.20 bits per heavy atom. The predicted octanol–water partition coefficient (Wildman–Crippen LogP) is 7.92. The number of esters is 2. The molecule has 1 aliphatic carbocycles. The second-order valence-electron chi connectivity index (χ2n) is 19.3. The Kier molecular flexibility index (Phi) is 17.0. The van der Waals surface area contributed by atoms with Gasteiger partial charge in [-0.1, -0.05) is 0 Å². The van der Waals surface area contributed by atoms with Crippen molar-refractivity contribution in [3.63, 3.8) is 0 Å². The summed E-state index contributed by atoms with van der Waals surface area (Å²) in [6.07, 6.45) is -1.83. The van der Waals surface area contributed by atoms with Crippen molar-refractivity contribution in [2.45, 2.75) is 118 Å². The second-order valence-corrected chi connectivity index (χ2v) is 19.3. The molecule has 2 amide bonds. The molecule has 0 bridgehead atoms. The molecule has 3 aromatic rings. The maximum absolute atomic E-state index is 15.6. The van der Waals surface area contributed by atoms with Crippen molar-refractivity contribution in [2.24, 2.45) is 11.8 Å². The van der Waals surface area contributed by atoms with Gasteiger partial charge in [0.25, 0.3) is 0 Å². The van der Waals surface area contributed by atoms with Gasteiger partial charge in [0, 0.05) is 61.6 Å². The van der Waals surface area contributed by atoms with E-state index in [1.54, 1.807) is 67.2 Å². The number of aryl methyl sites for hydroxylation is 1. The molecule has 1 saturated carbocycles. The molecule has 0 unspecified atom stereocenters. The van der Waals surface area contributed by atoms with Gasteiger partial charge in [-0.15, -0.1) is 0 Å². The maximum Gasteiger partial charge on any atom is 0.407 e. The third kappa shape index (κ3) is 12.8. The summed E-state index contributed by atoms with van der Waals surface area (Å²) in [7, 11) is 0. The van der Waals surface area contributed by atoms with Crippen molar-refractivity contribution in [1.82, 2.24) is 15.2 Å². The van der Waals surface area contributed by atoms with Gasteiger partial charge in [0.1, 0.15) is 46.8 Å². The lowest BCUT2D eigenvalue weighted by Crippen LogP contribution is -2.43. The Morgan fingerprint density at radius 3 is 1.65 bits per heavy atom. The molecule has 6 atom stereocenters. The Hall–Kier alpha value is -6.02. The number of hydrogen-bond donors (Lipinski definition) is 2. The number of aromatic nitrogens is 1. The average molecular weight is 982 g/mol. The Labute approximate surface area is 396 Å². The van der Waals surface area contributed by atoms with Crippen LogP contribution in [0.2, 0.25) is 0 Å². The summed E-state index contributed by atoms with van der Waals surface area (Å²) < 4.78 is 109. The fraction of sp³-hybridized carbons (Fsp3) is 0.583.